The van der Waals surface area contributed by atoms with Crippen molar-refractivity contribution < 1.29 is 35.1 Å². The fourth-order valence-corrected chi connectivity index (χ4v) is 0.602. The van der Waals surface area contributed by atoms with Crippen molar-refractivity contribution in [3.8, 4) is 0 Å². The molecule has 0 aromatic carbocycles. The molecule has 0 N–H and O–H groups in total. The third-order valence-electron chi connectivity index (χ3n) is 0.332. The van der Waals surface area contributed by atoms with Crippen molar-refractivity contribution in [1.82, 2.24) is 0 Å². The molecule has 4 nitrogen and oxygen atoms in total. The van der Waals surface area contributed by atoms with Crippen molar-refractivity contribution in [1.29, 1.82) is 0 Å². The molecule has 0 unspecified atom stereocenters. The molecule has 0 spiro atoms. The van der Waals surface area contributed by atoms with Crippen LogP contribution in [0.2, 0.25) is 0 Å². The van der Waals surface area contributed by atoms with E-state index in [1.165, 1.54) is 14.2 Å². The summed E-state index contributed by atoms with van der Waals surface area (Å²) in [6.45, 7) is 0. The van der Waals surface area contributed by atoms with Crippen LogP contribution in [-0.4, -0.2) is 14.2 Å². The maximum atomic E-state index is 4.41. The van der Waals surface area contributed by atoms with Crippen molar-refractivity contribution >= 4 is 0 Å². The molecular weight excluding hydrogens is 153 g/mol. The van der Waals surface area contributed by atoms with Crippen LogP contribution in [0.3, 0.4) is 0 Å². The Kier molecular flexibility index (Phi) is 6.89. The molecule has 40 valence electrons. The number of rotatable bonds is 4. The second-order valence-electron chi connectivity index (χ2n) is 0.687. The van der Waals surface area contributed by atoms with Gasteiger partial charge in [-0.1, -0.05) is 0 Å². The Bertz CT molecular complexity index is 28.9. The van der Waals surface area contributed by atoms with Crippen LogP contribution in [0.1, 0.15) is 0 Å². The quantitative estimate of drug-likeness (QED) is 0.252. The molecule has 0 aromatic rings. The SMILES string of the molecule is CO[O][Zn][O]OC. The summed E-state index contributed by atoms with van der Waals surface area (Å²) in [5.41, 5.74) is 0. The standard InChI is InChI=1S/2CH4O2.Zn/c2*1-3-2;/h2*2H,1H3;/q;;+2/p-2. The molecule has 5 heteroatoms. The van der Waals surface area contributed by atoms with Gasteiger partial charge in [-0.2, -0.15) is 0 Å². The van der Waals surface area contributed by atoms with E-state index in [0.29, 0.717) is 0 Å². The normalized spacial score (nSPS) is 8.29. The molecule has 0 aliphatic carbocycles. The second-order valence-corrected chi connectivity index (χ2v) is 2.17. The van der Waals surface area contributed by atoms with Crippen LogP contribution < -0.4 is 0 Å². The molecule has 0 aliphatic heterocycles. The Morgan fingerprint density at radius 3 is 1.71 bits per heavy atom. The minimum atomic E-state index is -1.39. The van der Waals surface area contributed by atoms with Crippen molar-refractivity contribution in [2.75, 3.05) is 14.2 Å². The molecule has 0 saturated heterocycles. The van der Waals surface area contributed by atoms with Gasteiger partial charge in [-0.25, -0.2) is 0 Å². The fraction of sp³-hybridized carbons (Fsp3) is 1.00. The van der Waals surface area contributed by atoms with Crippen LogP contribution in [0, 0.1) is 0 Å². The first-order valence-electron chi connectivity index (χ1n) is 1.73. The summed E-state index contributed by atoms with van der Waals surface area (Å²) >= 11 is -1.39. The Morgan fingerprint density at radius 1 is 1.00 bits per heavy atom. The average molecular weight is 159 g/mol. The van der Waals surface area contributed by atoms with Crippen molar-refractivity contribution in [2.24, 2.45) is 0 Å². The molecule has 0 atom stereocenters. The Morgan fingerprint density at radius 2 is 1.43 bits per heavy atom. The van der Waals surface area contributed by atoms with Gasteiger partial charge in [0.05, 0.1) is 0 Å². The first kappa shape index (κ1) is 7.46. The van der Waals surface area contributed by atoms with Gasteiger partial charge < -0.3 is 0 Å². The van der Waals surface area contributed by atoms with E-state index >= 15 is 0 Å². The van der Waals surface area contributed by atoms with Crippen LogP contribution in [0.4, 0.5) is 0 Å². The van der Waals surface area contributed by atoms with E-state index in [2.05, 4.69) is 17.2 Å². The zero-order valence-corrected chi connectivity index (χ0v) is 7.31. The van der Waals surface area contributed by atoms with E-state index in [0.717, 1.165) is 0 Å². The summed E-state index contributed by atoms with van der Waals surface area (Å²) in [5.74, 6) is 0. The van der Waals surface area contributed by atoms with Crippen molar-refractivity contribution in [2.45, 2.75) is 0 Å². The van der Waals surface area contributed by atoms with E-state index < -0.39 is 17.8 Å². The first-order valence-corrected chi connectivity index (χ1v) is 4.15. The summed E-state index contributed by atoms with van der Waals surface area (Å²) in [4.78, 5) is 8.44. The Hall–Kier alpha value is 0.463. The topological polar surface area (TPSA) is 36.9 Å². The van der Waals surface area contributed by atoms with Crippen LogP contribution in [0.15, 0.2) is 0 Å². The molecule has 0 heterocycles. The molecule has 0 rings (SSSR count). The van der Waals surface area contributed by atoms with E-state index in [1.807, 2.05) is 0 Å². The molecule has 0 radical (unpaired) electrons. The first-order chi connectivity index (χ1) is 3.41. The van der Waals surface area contributed by atoms with Crippen LogP contribution in [-0.2, 0) is 35.1 Å². The summed E-state index contributed by atoms with van der Waals surface area (Å²) in [6, 6.07) is 0. The third kappa shape index (κ3) is 6.46. The summed E-state index contributed by atoms with van der Waals surface area (Å²) in [5, 5.41) is 0. The van der Waals surface area contributed by atoms with Crippen molar-refractivity contribution in [3.63, 3.8) is 0 Å². The fourth-order valence-electron chi connectivity index (χ4n) is 0.116. The zero-order chi connectivity index (χ0) is 5.54. The molecule has 0 amide bonds. The van der Waals surface area contributed by atoms with Gasteiger partial charge in [0.1, 0.15) is 0 Å². The minimum absolute atomic E-state index is 1.39. The molecule has 0 aliphatic rings. The predicted molar refractivity (Wildman–Crippen MR) is 16.2 cm³/mol. The maximum absolute atomic E-state index is 4.41. The third-order valence-corrected chi connectivity index (χ3v) is 1.72. The van der Waals surface area contributed by atoms with Gasteiger partial charge in [0, 0.05) is 0 Å². The summed E-state index contributed by atoms with van der Waals surface area (Å²) in [7, 11) is 2.87. The van der Waals surface area contributed by atoms with E-state index in [-0.39, 0.29) is 0 Å². The molecular formula is C2H6O4Zn. The van der Waals surface area contributed by atoms with Crippen LogP contribution in [0.5, 0.6) is 0 Å². The van der Waals surface area contributed by atoms with E-state index in [1.54, 1.807) is 0 Å². The number of hydrogen-bond acceptors (Lipinski definition) is 4. The molecule has 0 saturated carbocycles. The van der Waals surface area contributed by atoms with E-state index in [4.69, 9.17) is 0 Å². The number of hydrogen-bond donors (Lipinski definition) is 0. The molecule has 0 aromatic heterocycles. The van der Waals surface area contributed by atoms with Gasteiger partial charge in [-0.15, -0.1) is 0 Å². The summed E-state index contributed by atoms with van der Waals surface area (Å²) < 4.78 is 8.83. The molecule has 0 fully saturated rings. The zero-order valence-electron chi connectivity index (χ0n) is 4.34. The van der Waals surface area contributed by atoms with Gasteiger partial charge in [-0.3, -0.25) is 0 Å². The van der Waals surface area contributed by atoms with Crippen LogP contribution >= 0.6 is 0 Å². The average Bonchev–Trinajstić information content (AvgIpc) is 1.69. The second kappa shape index (κ2) is 6.46. The van der Waals surface area contributed by atoms with Gasteiger partial charge in [0.15, 0.2) is 0 Å². The Labute approximate surface area is 50.0 Å². The molecule has 0 bridgehead atoms. The Balaban J connectivity index is 2.45. The summed E-state index contributed by atoms with van der Waals surface area (Å²) in [6.07, 6.45) is 0. The predicted octanol–water partition coefficient (Wildman–Crippen LogP) is 0.0549. The van der Waals surface area contributed by atoms with Gasteiger partial charge in [0.2, 0.25) is 0 Å². The van der Waals surface area contributed by atoms with Crippen LogP contribution in [0.25, 0.3) is 0 Å². The van der Waals surface area contributed by atoms with Gasteiger partial charge in [-0.05, 0) is 0 Å². The van der Waals surface area contributed by atoms with Crippen molar-refractivity contribution in [3.05, 3.63) is 0 Å². The van der Waals surface area contributed by atoms with Gasteiger partial charge >= 0.3 is 49.3 Å². The monoisotopic (exact) mass is 158 g/mol. The van der Waals surface area contributed by atoms with Gasteiger partial charge in [0.25, 0.3) is 0 Å². The van der Waals surface area contributed by atoms with E-state index in [9.17, 15) is 0 Å². The molecule has 7 heavy (non-hydrogen) atoms.